The Labute approximate surface area is 309 Å². The average Bonchev–Trinajstić information content (AvgIpc) is 3.46. The first kappa shape index (κ1) is 39.3. The zero-order valence-corrected chi connectivity index (χ0v) is 33.8. The number of hydrogen-bond acceptors (Lipinski definition) is 6. The van der Waals surface area contributed by atoms with Gasteiger partial charge in [-0.15, -0.1) is 0 Å². The van der Waals surface area contributed by atoms with Gasteiger partial charge in [-0.25, -0.2) is 0 Å². The molecule has 290 valence electrons. The highest BCUT2D eigenvalue weighted by Gasteiger charge is 2.74. The summed E-state index contributed by atoms with van der Waals surface area (Å²) in [4.78, 5) is 24.9. The van der Waals surface area contributed by atoms with Gasteiger partial charge in [-0.05, 0) is 132 Å². The molecule has 6 aliphatic rings. The third kappa shape index (κ3) is 5.90. The van der Waals surface area contributed by atoms with Crippen LogP contribution in [-0.2, 0) is 14.3 Å². The van der Waals surface area contributed by atoms with Crippen molar-refractivity contribution in [2.45, 2.75) is 183 Å². The van der Waals surface area contributed by atoms with Crippen molar-refractivity contribution in [2.75, 3.05) is 13.1 Å². The number of nitrogens with one attached hydrogen (secondary N) is 1. The van der Waals surface area contributed by atoms with Crippen LogP contribution in [0.15, 0.2) is 11.1 Å². The number of ether oxygens (including phenoxy) is 1. The molecule has 0 unspecified atom stereocenters. The molecule has 0 aromatic heterocycles. The Kier molecular flexibility index (Phi) is 10.3. The van der Waals surface area contributed by atoms with Crippen LogP contribution in [0, 0.1) is 56.2 Å². The van der Waals surface area contributed by atoms with E-state index in [1.54, 1.807) is 25.0 Å². The summed E-state index contributed by atoms with van der Waals surface area (Å²) in [5.41, 5.74) is -0.0505. The lowest BCUT2D eigenvalue weighted by atomic mass is 9.31. The van der Waals surface area contributed by atoms with Gasteiger partial charge >= 0.3 is 11.9 Å². The maximum Gasteiger partial charge on any atom is 0.309 e. The molecular weight excluding hydrogens is 638 g/mol. The fraction of sp³-hybridized carbons (Fsp3) is 0.909. The molecule has 5 saturated carbocycles. The Morgan fingerprint density at radius 1 is 0.863 bits per heavy atom. The van der Waals surface area contributed by atoms with Crippen molar-refractivity contribution in [3.8, 4) is 0 Å². The number of aliphatic carboxylic acids is 1. The second-order valence-corrected chi connectivity index (χ2v) is 20.8. The monoisotopic (exact) mass is 712 g/mol. The molecule has 0 bridgehead atoms. The molecule has 6 aliphatic carbocycles. The van der Waals surface area contributed by atoms with Crippen LogP contribution < -0.4 is 5.32 Å². The highest BCUT2D eigenvalue weighted by atomic mass is 16.5. The Bertz CT molecular complexity index is 1380. The Hall–Kier alpha value is -1.44. The first-order valence-corrected chi connectivity index (χ1v) is 21.0. The van der Waals surface area contributed by atoms with E-state index in [9.17, 15) is 24.9 Å². The van der Waals surface area contributed by atoms with Gasteiger partial charge in [0.1, 0.15) is 6.10 Å². The Balaban J connectivity index is 1.25. The molecule has 5 fully saturated rings. The Morgan fingerprint density at radius 3 is 2.18 bits per heavy atom. The molecule has 7 heteroatoms. The lowest BCUT2D eigenvalue weighted by Crippen LogP contribution is -2.73. The number of fused-ring (bicyclic) bond motifs is 7. The van der Waals surface area contributed by atoms with Crippen molar-refractivity contribution in [3.63, 3.8) is 0 Å². The van der Waals surface area contributed by atoms with Gasteiger partial charge in [0.05, 0.1) is 23.5 Å². The number of esters is 1. The maximum absolute atomic E-state index is 13.1. The van der Waals surface area contributed by atoms with Gasteiger partial charge in [0, 0.05) is 22.8 Å². The molecule has 4 N–H and O–H groups in total. The lowest BCUT2D eigenvalue weighted by molar-refractivity contribution is -0.306. The van der Waals surface area contributed by atoms with E-state index in [0.717, 1.165) is 63.8 Å². The van der Waals surface area contributed by atoms with Gasteiger partial charge in [0.15, 0.2) is 0 Å². The Morgan fingerprint density at radius 2 is 1.53 bits per heavy atom. The number of aliphatic hydroxyl groups is 2. The van der Waals surface area contributed by atoms with E-state index in [1.807, 2.05) is 0 Å². The van der Waals surface area contributed by atoms with Crippen LogP contribution in [0.4, 0.5) is 0 Å². The molecular formula is C44H73NO6. The van der Waals surface area contributed by atoms with E-state index < -0.39 is 34.5 Å². The highest BCUT2D eigenvalue weighted by Crippen LogP contribution is 2.78. The minimum atomic E-state index is -1.20. The number of carbonyl (C=O) groups is 2. The smallest absolute Gasteiger partial charge is 0.309 e. The summed E-state index contributed by atoms with van der Waals surface area (Å²) in [7, 11) is 0. The van der Waals surface area contributed by atoms with E-state index in [-0.39, 0.29) is 34.2 Å². The number of carboxylic acids is 1. The zero-order valence-electron chi connectivity index (χ0n) is 33.8. The topological polar surface area (TPSA) is 116 Å². The minimum Gasteiger partial charge on any atom is -0.481 e. The van der Waals surface area contributed by atoms with E-state index in [1.165, 1.54) is 32.1 Å². The largest absolute Gasteiger partial charge is 0.481 e. The summed E-state index contributed by atoms with van der Waals surface area (Å²) in [6, 6.07) is 0. The van der Waals surface area contributed by atoms with E-state index >= 15 is 0 Å². The number of allylic oxidation sites excluding steroid dienone is 1. The molecule has 9 atom stereocenters. The fourth-order valence-corrected chi connectivity index (χ4v) is 13.9. The summed E-state index contributed by atoms with van der Waals surface area (Å²) in [5.74, 6) is 0.485. The summed E-state index contributed by atoms with van der Waals surface area (Å²) in [6.45, 7) is 21.2. The number of carboxylic acid groups (broad SMARTS) is 1. The van der Waals surface area contributed by atoms with Gasteiger partial charge in [-0.1, -0.05) is 78.9 Å². The third-order valence-corrected chi connectivity index (χ3v) is 17.5. The summed E-state index contributed by atoms with van der Waals surface area (Å²) >= 11 is 0. The number of aliphatic hydroxyl groups excluding tert-OH is 1. The van der Waals surface area contributed by atoms with Crippen molar-refractivity contribution in [1.29, 1.82) is 0 Å². The molecule has 0 aromatic rings. The second kappa shape index (κ2) is 13.4. The number of carbonyl (C=O) groups excluding carboxylic acids is 1. The third-order valence-electron chi connectivity index (χ3n) is 17.5. The predicted molar refractivity (Wildman–Crippen MR) is 202 cm³/mol. The van der Waals surface area contributed by atoms with Gasteiger partial charge in [-0.2, -0.15) is 0 Å². The lowest BCUT2D eigenvalue weighted by Gasteiger charge is -2.74. The van der Waals surface area contributed by atoms with Gasteiger partial charge in [-0.3, -0.25) is 9.59 Å². The molecule has 0 radical (unpaired) electrons. The van der Waals surface area contributed by atoms with Gasteiger partial charge in [0.25, 0.3) is 0 Å². The fourth-order valence-electron chi connectivity index (χ4n) is 13.9. The molecule has 6 rings (SSSR count). The first-order chi connectivity index (χ1) is 23.7. The van der Waals surface area contributed by atoms with Crippen molar-refractivity contribution in [3.05, 3.63) is 11.1 Å². The summed E-state index contributed by atoms with van der Waals surface area (Å²) < 4.78 is 6.10. The molecule has 0 aliphatic heterocycles. The van der Waals surface area contributed by atoms with Crippen LogP contribution in [0.1, 0.15) is 165 Å². The van der Waals surface area contributed by atoms with Crippen molar-refractivity contribution in [2.24, 2.45) is 56.2 Å². The SMILES string of the molecule is CC(C)C1=C2[C@H]3CC[C@@H]4[C@@]5(C)CC[C@H](OC(=O)CC(C)(C)C(=O)O)C(C)(C)[C@]5(O)CC[C@@]4(C)[C@]3(C)CC[C@@]2([C@H](O)CNCC2CCCCC2)CC1. The normalized spacial score (nSPS) is 41.7. The summed E-state index contributed by atoms with van der Waals surface area (Å²) in [6.07, 6.45) is 15.2. The molecule has 0 saturated heterocycles. The molecule has 0 spiro atoms. The highest BCUT2D eigenvalue weighted by molar-refractivity contribution is 5.81. The van der Waals surface area contributed by atoms with E-state index in [0.29, 0.717) is 37.1 Å². The van der Waals surface area contributed by atoms with Crippen LogP contribution in [0.2, 0.25) is 0 Å². The quantitative estimate of drug-likeness (QED) is 0.132. The van der Waals surface area contributed by atoms with Gasteiger partial charge < -0.3 is 25.4 Å². The van der Waals surface area contributed by atoms with Crippen LogP contribution >= 0.6 is 0 Å². The van der Waals surface area contributed by atoms with Crippen LogP contribution in [0.5, 0.6) is 0 Å². The van der Waals surface area contributed by atoms with Crippen molar-refractivity contribution < 1.29 is 29.6 Å². The molecule has 0 amide bonds. The zero-order chi connectivity index (χ0) is 37.4. The summed E-state index contributed by atoms with van der Waals surface area (Å²) in [5, 5.41) is 38.6. The van der Waals surface area contributed by atoms with E-state index in [2.05, 4.69) is 53.8 Å². The van der Waals surface area contributed by atoms with Crippen molar-refractivity contribution >= 4 is 11.9 Å². The standard InChI is InChI=1S/C44H73NO6/c1-28(2)30-17-20-43(33(46)27-45-26-29-13-11-10-12-14-29)23-21-40(7)31(36(30)43)15-16-32-41(40,8)22-24-44(50)39(5,6)34(18-19-42(32,44)9)51-35(47)25-38(3,4)37(48)49/h28-29,31-34,45-46,50H,10-27H2,1-9H3,(H,48,49)/t31-,32+,33-,34+,40-,41-,42-,43-,44-/m1/s1. The maximum atomic E-state index is 13.1. The average molecular weight is 712 g/mol. The second-order valence-electron chi connectivity index (χ2n) is 20.8. The van der Waals surface area contributed by atoms with E-state index in [4.69, 9.17) is 4.74 Å². The number of hydrogen-bond donors (Lipinski definition) is 4. The molecule has 7 nitrogen and oxygen atoms in total. The molecule has 0 aromatic carbocycles. The van der Waals surface area contributed by atoms with Crippen molar-refractivity contribution in [1.82, 2.24) is 5.32 Å². The number of rotatable bonds is 10. The van der Waals surface area contributed by atoms with Crippen LogP contribution in [0.3, 0.4) is 0 Å². The van der Waals surface area contributed by atoms with Crippen LogP contribution in [-0.4, -0.2) is 58.2 Å². The molecule has 51 heavy (non-hydrogen) atoms. The first-order valence-electron chi connectivity index (χ1n) is 21.0. The predicted octanol–water partition coefficient (Wildman–Crippen LogP) is 8.85. The minimum absolute atomic E-state index is 0.0238. The molecule has 0 heterocycles. The van der Waals surface area contributed by atoms with Gasteiger partial charge in [0.2, 0.25) is 0 Å². The van der Waals surface area contributed by atoms with Crippen LogP contribution in [0.25, 0.3) is 0 Å².